The Hall–Kier alpha value is -1.30. The van der Waals surface area contributed by atoms with Gasteiger partial charge < -0.3 is 10.2 Å². The van der Waals surface area contributed by atoms with Gasteiger partial charge in [-0.15, -0.1) is 6.42 Å². The summed E-state index contributed by atoms with van der Waals surface area (Å²) < 4.78 is 0. The first kappa shape index (κ1) is 14.3. The Labute approximate surface area is 132 Å². The second kappa shape index (κ2) is 4.60. The molecule has 0 spiro atoms. The quantitative estimate of drug-likeness (QED) is 0.723. The van der Waals surface area contributed by atoms with Crippen molar-refractivity contribution in [1.29, 1.82) is 0 Å². The van der Waals surface area contributed by atoms with Crippen LogP contribution in [0.3, 0.4) is 0 Å². The minimum absolute atomic E-state index is 0.315. The largest absolute Gasteiger partial charge is 0.389 e. The van der Waals surface area contributed by atoms with E-state index in [2.05, 4.69) is 37.1 Å². The van der Waals surface area contributed by atoms with Gasteiger partial charge in [0.05, 0.1) is 6.10 Å². The molecular weight excluding hydrogens is 272 g/mol. The van der Waals surface area contributed by atoms with Crippen LogP contribution < -0.4 is 0 Å². The van der Waals surface area contributed by atoms with Gasteiger partial charge in [-0.1, -0.05) is 37.1 Å². The SMILES string of the molecule is C#CC1(O)C(O)CC2C3CCc4ccccc4C3CCC21C. The fraction of sp³-hybridized carbons (Fsp3) is 0.600. The zero-order chi connectivity index (χ0) is 15.5. The topological polar surface area (TPSA) is 40.5 Å². The molecule has 22 heavy (non-hydrogen) atoms. The molecule has 0 aromatic heterocycles. The number of aryl methyl sites for hydroxylation is 1. The van der Waals surface area contributed by atoms with Crippen LogP contribution in [0.4, 0.5) is 0 Å². The third-order valence-corrected chi connectivity index (χ3v) is 7.08. The maximum atomic E-state index is 10.9. The summed E-state index contributed by atoms with van der Waals surface area (Å²) in [4.78, 5) is 0. The number of benzene rings is 1. The highest BCUT2D eigenvalue weighted by Crippen LogP contribution is 2.64. The van der Waals surface area contributed by atoms with Crippen LogP contribution in [0, 0.1) is 29.6 Å². The molecular formula is C20H24O2. The van der Waals surface area contributed by atoms with E-state index in [1.807, 2.05) is 0 Å². The van der Waals surface area contributed by atoms with Gasteiger partial charge >= 0.3 is 0 Å². The summed E-state index contributed by atoms with van der Waals surface area (Å²) >= 11 is 0. The molecule has 0 amide bonds. The molecule has 3 aliphatic rings. The van der Waals surface area contributed by atoms with Crippen LogP contribution in [0.5, 0.6) is 0 Å². The molecule has 0 aliphatic heterocycles. The molecule has 0 radical (unpaired) electrons. The van der Waals surface area contributed by atoms with Crippen molar-refractivity contribution >= 4 is 0 Å². The molecule has 1 aromatic rings. The Bertz CT molecular complexity index is 645. The lowest BCUT2D eigenvalue weighted by Gasteiger charge is -2.51. The van der Waals surface area contributed by atoms with E-state index < -0.39 is 11.7 Å². The third kappa shape index (κ3) is 1.59. The lowest BCUT2D eigenvalue weighted by molar-refractivity contribution is -0.101. The predicted octanol–water partition coefficient (Wildman–Crippen LogP) is 2.88. The zero-order valence-corrected chi connectivity index (χ0v) is 13.1. The van der Waals surface area contributed by atoms with Gasteiger partial charge in [0.25, 0.3) is 0 Å². The molecule has 0 heterocycles. The van der Waals surface area contributed by atoms with Gasteiger partial charge in [-0.25, -0.2) is 0 Å². The number of aliphatic hydroxyl groups is 2. The molecule has 4 rings (SSSR count). The van der Waals surface area contributed by atoms with Crippen LogP contribution in [0.1, 0.15) is 49.7 Å². The Morgan fingerprint density at radius 2 is 2.05 bits per heavy atom. The first-order valence-electron chi connectivity index (χ1n) is 8.47. The van der Waals surface area contributed by atoms with E-state index >= 15 is 0 Å². The van der Waals surface area contributed by atoms with Gasteiger partial charge in [-0.3, -0.25) is 0 Å². The summed E-state index contributed by atoms with van der Waals surface area (Å²) in [6, 6.07) is 8.78. The molecule has 0 saturated heterocycles. The minimum atomic E-state index is -1.36. The van der Waals surface area contributed by atoms with Crippen molar-refractivity contribution in [3.8, 4) is 12.3 Å². The highest BCUT2D eigenvalue weighted by atomic mass is 16.3. The monoisotopic (exact) mass is 296 g/mol. The lowest BCUT2D eigenvalue weighted by Crippen LogP contribution is -2.53. The second-order valence-corrected chi connectivity index (χ2v) is 7.73. The van der Waals surface area contributed by atoms with Gasteiger partial charge in [0.2, 0.25) is 0 Å². The smallest absolute Gasteiger partial charge is 0.156 e. The van der Waals surface area contributed by atoms with Crippen LogP contribution in [0.15, 0.2) is 24.3 Å². The highest BCUT2D eigenvalue weighted by Gasteiger charge is 2.65. The molecule has 2 saturated carbocycles. The summed E-state index contributed by atoms with van der Waals surface area (Å²) in [5, 5.41) is 21.4. The van der Waals surface area contributed by atoms with Gasteiger partial charge in [0.15, 0.2) is 5.60 Å². The van der Waals surface area contributed by atoms with Crippen molar-refractivity contribution in [2.24, 2.45) is 17.3 Å². The molecule has 6 atom stereocenters. The number of hydrogen-bond donors (Lipinski definition) is 2. The lowest BCUT2D eigenvalue weighted by atomic mass is 9.53. The van der Waals surface area contributed by atoms with E-state index in [4.69, 9.17) is 6.42 Å². The van der Waals surface area contributed by atoms with E-state index in [0.29, 0.717) is 24.2 Å². The average Bonchev–Trinajstić information content (AvgIpc) is 2.75. The van der Waals surface area contributed by atoms with Crippen molar-refractivity contribution in [2.75, 3.05) is 0 Å². The third-order valence-electron chi connectivity index (χ3n) is 7.08. The maximum Gasteiger partial charge on any atom is 0.156 e. The van der Waals surface area contributed by atoms with Crippen molar-refractivity contribution in [3.63, 3.8) is 0 Å². The highest BCUT2D eigenvalue weighted by molar-refractivity contribution is 5.36. The van der Waals surface area contributed by atoms with E-state index in [1.165, 1.54) is 11.1 Å². The Morgan fingerprint density at radius 1 is 1.27 bits per heavy atom. The molecule has 2 N–H and O–H groups in total. The van der Waals surface area contributed by atoms with Crippen LogP contribution in [0.25, 0.3) is 0 Å². The second-order valence-electron chi connectivity index (χ2n) is 7.73. The zero-order valence-electron chi connectivity index (χ0n) is 13.1. The van der Waals surface area contributed by atoms with Gasteiger partial charge in [-0.05, 0) is 61.0 Å². The van der Waals surface area contributed by atoms with E-state index in [0.717, 1.165) is 25.7 Å². The summed E-state index contributed by atoms with van der Waals surface area (Å²) in [5.41, 5.74) is 1.26. The predicted molar refractivity (Wildman–Crippen MR) is 86.2 cm³/mol. The Kier molecular flexibility index (Phi) is 2.99. The summed E-state index contributed by atoms with van der Waals surface area (Å²) in [7, 11) is 0. The van der Waals surface area contributed by atoms with Gasteiger partial charge in [0.1, 0.15) is 0 Å². The average molecular weight is 296 g/mol. The maximum absolute atomic E-state index is 10.9. The van der Waals surface area contributed by atoms with Crippen molar-refractivity contribution in [2.45, 2.75) is 56.7 Å². The summed E-state index contributed by atoms with van der Waals surface area (Å²) in [6.07, 6.45) is 9.69. The molecule has 116 valence electrons. The Morgan fingerprint density at radius 3 is 2.82 bits per heavy atom. The normalized spacial score (nSPS) is 46.3. The molecule has 0 bridgehead atoms. The molecule has 2 fully saturated rings. The first-order chi connectivity index (χ1) is 10.5. The standard InChI is InChI=1S/C20H24O2/c1-3-20(22)18(21)12-17-16-9-8-13-6-4-5-7-14(13)15(16)10-11-19(17,20)2/h1,4-7,15-18,21-22H,8-12H2,2H3. The summed E-state index contributed by atoms with van der Waals surface area (Å²) in [6.45, 7) is 2.10. The fourth-order valence-electron chi connectivity index (χ4n) is 5.80. The number of fused-ring (bicyclic) bond motifs is 5. The number of hydrogen-bond acceptors (Lipinski definition) is 2. The number of aliphatic hydroxyl groups excluding tert-OH is 1. The molecule has 1 aromatic carbocycles. The molecule has 3 aliphatic carbocycles. The number of rotatable bonds is 0. The van der Waals surface area contributed by atoms with Crippen LogP contribution >= 0.6 is 0 Å². The minimum Gasteiger partial charge on any atom is -0.389 e. The van der Waals surface area contributed by atoms with E-state index in [1.54, 1.807) is 0 Å². The first-order valence-corrected chi connectivity index (χ1v) is 8.47. The van der Waals surface area contributed by atoms with E-state index in [-0.39, 0.29) is 5.41 Å². The van der Waals surface area contributed by atoms with Gasteiger partial charge in [0, 0.05) is 5.41 Å². The molecule has 2 heteroatoms. The molecule has 2 nitrogen and oxygen atoms in total. The van der Waals surface area contributed by atoms with E-state index in [9.17, 15) is 10.2 Å². The van der Waals surface area contributed by atoms with Crippen LogP contribution in [-0.2, 0) is 6.42 Å². The van der Waals surface area contributed by atoms with Crippen molar-refractivity contribution in [1.82, 2.24) is 0 Å². The summed E-state index contributed by atoms with van der Waals surface area (Å²) in [5.74, 6) is 3.96. The van der Waals surface area contributed by atoms with Crippen molar-refractivity contribution in [3.05, 3.63) is 35.4 Å². The van der Waals surface area contributed by atoms with Crippen LogP contribution in [0.2, 0.25) is 0 Å². The Balaban J connectivity index is 1.75. The van der Waals surface area contributed by atoms with Crippen molar-refractivity contribution < 1.29 is 10.2 Å². The number of terminal acetylenes is 1. The molecule has 6 unspecified atom stereocenters. The fourth-order valence-corrected chi connectivity index (χ4v) is 5.80. The van der Waals surface area contributed by atoms with Gasteiger partial charge in [-0.2, -0.15) is 0 Å². The van der Waals surface area contributed by atoms with Crippen LogP contribution in [-0.4, -0.2) is 21.9 Å².